The van der Waals surface area contributed by atoms with Crippen molar-refractivity contribution in [1.29, 1.82) is 0 Å². The highest BCUT2D eigenvalue weighted by Gasteiger charge is 2.24. The van der Waals surface area contributed by atoms with Crippen molar-refractivity contribution in [3.8, 4) is 0 Å². The van der Waals surface area contributed by atoms with Crippen molar-refractivity contribution >= 4 is 26.8 Å². The van der Waals surface area contributed by atoms with E-state index in [1.807, 2.05) is 18.2 Å². The van der Waals surface area contributed by atoms with Crippen molar-refractivity contribution in [3.63, 3.8) is 0 Å². The largest absolute Gasteiger partial charge is 0.395 e. The zero-order chi connectivity index (χ0) is 14.1. The number of fused-ring (bicyclic) bond motifs is 1. The summed E-state index contributed by atoms with van der Waals surface area (Å²) >= 11 is 3.44. The average Bonchev–Trinajstić information content (AvgIpc) is 3.01. The van der Waals surface area contributed by atoms with Crippen LogP contribution < -0.4 is 0 Å². The highest BCUT2D eigenvalue weighted by atomic mass is 79.9. The second kappa shape index (κ2) is 5.84. The molecule has 1 atom stereocenters. The van der Waals surface area contributed by atoms with Gasteiger partial charge < -0.3 is 10.1 Å². The highest BCUT2D eigenvalue weighted by molar-refractivity contribution is 9.10. The molecule has 1 aliphatic heterocycles. The molecule has 3 rings (SSSR count). The van der Waals surface area contributed by atoms with Gasteiger partial charge in [0.2, 0.25) is 0 Å². The number of benzene rings is 1. The Kier molecular flexibility index (Phi) is 4.10. The molecule has 0 radical (unpaired) electrons. The molecule has 2 aromatic rings. The molecule has 20 heavy (non-hydrogen) atoms. The topological polar surface area (TPSA) is 39.3 Å². The zero-order valence-corrected chi connectivity index (χ0v) is 12.8. The van der Waals surface area contributed by atoms with Crippen molar-refractivity contribution in [2.45, 2.75) is 25.3 Å². The zero-order valence-electron chi connectivity index (χ0n) is 11.2. The second-order valence-electron chi connectivity index (χ2n) is 5.34. The number of H-pyrrole nitrogens is 1. The minimum Gasteiger partial charge on any atom is -0.395 e. The number of aliphatic hydroxyl groups is 1. The van der Waals surface area contributed by atoms with Crippen molar-refractivity contribution in [2.24, 2.45) is 0 Å². The Hall–Kier alpha value is -0.910. The molecule has 0 saturated carbocycles. The van der Waals surface area contributed by atoms with Crippen LogP contribution in [0, 0.1) is 5.95 Å². The Balaban J connectivity index is 1.81. The number of hydrogen-bond donors (Lipinski definition) is 2. The first-order valence-corrected chi connectivity index (χ1v) is 7.79. The number of halogens is 2. The van der Waals surface area contributed by atoms with Crippen LogP contribution in [0.1, 0.15) is 18.4 Å². The number of aliphatic hydroxyl groups excluding tert-OH is 1. The summed E-state index contributed by atoms with van der Waals surface area (Å²) in [5, 5.41) is 10.3. The number of rotatable bonds is 4. The summed E-state index contributed by atoms with van der Waals surface area (Å²) < 4.78 is 15.0. The lowest BCUT2D eigenvalue weighted by molar-refractivity contribution is 0.160. The van der Waals surface area contributed by atoms with Crippen LogP contribution in [0.2, 0.25) is 0 Å². The maximum Gasteiger partial charge on any atom is 0.195 e. The van der Waals surface area contributed by atoms with Gasteiger partial charge in [0.05, 0.1) is 12.1 Å². The summed E-state index contributed by atoms with van der Waals surface area (Å²) in [7, 11) is 0. The van der Waals surface area contributed by atoms with Crippen LogP contribution in [-0.4, -0.2) is 40.7 Å². The third-order valence-corrected chi connectivity index (χ3v) is 4.86. The van der Waals surface area contributed by atoms with Crippen molar-refractivity contribution in [2.75, 3.05) is 19.7 Å². The molecule has 1 fully saturated rings. The molecule has 0 aliphatic carbocycles. The van der Waals surface area contributed by atoms with E-state index in [1.165, 1.54) is 0 Å². The van der Waals surface area contributed by atoms with Gasteiger partial charge in [-0.3, -0.25) is 4.90 Å². The van der Waals surface area contributed by atoms with Crippen molar-refractivity contribution in [1.82, 2.24) is 9.88 Å². The quantitative estimate of drug-likeness (QED) is 0.897. The Bertz CT molecular complexity index is 613. The first kappa shape index (κ1) is 14.0. The molecule has 2 N–H and O–H groups in total. The molecule has 1 unspecified atom stereocenters. The van der Waals surface area contributed by atoms with Crippen LogP contribution in [0.4, 0.5) is 4.39 Å². The maximum absolute atomic E-state index is 14.1. The molecule has 108 valence electrons. The van der Waals surface area contributed by atoms with E-state index in [4.69, 9.17) is 0 Å². The van der Waals surface area contributed by atoms with E-state index in [-0.39, 0.29) is 18.6 Å². The molecule has 1 aliphatic rings. The average molecular weight is 341 g/mol. The van der Waals surface area contributed by atoms with Gasteiger partial charge in [-0.15, -0.1) is 0 Å². The molecule has 2 heterocycles. The van der Waals surface area contributed by atoms with E-state index in [9.17, 15) is 9.50 Å². The fourth-order valence-corrected chi connectivity index (χ4v) is 3.57. The van der Waals surface area contributed by atoms with E-state index in [0.29, 0.717) is 6.42 Å². The third-order valence-electron chi connectivity index (χ3n) is 4.20. The van der Waals surface area contributed by atoms with E-state index < -0.39 is 0 Å². The van der Waals surface area contributed by atoms with Gasteiger partial charge in [0.25, 0.3) is 0 Å². The van der Waals surface area contributed by atoms with E-state index in [2.05, 4.69) is 25.8 Å². The standard InChI is InChI=1S/C15H18BrFN2O/c16-13-5-1-4-11-12(15(17)18-14(11)13)6-8-19-7-2-3-10(19)9-20/h1,4-5,10,18,20H,2-3,6-9H2. The Morgan fingerprint density at radius 3 is 3.10 bits per heavy atom. The van der Waals surface area contributed by atoms with Gasteiger partial charge >= 0.3 is 0 Å². The summed E-state index contributed by atoms with van der Waals surface area (Å²) in [6.07, 6.45) is 2.82. The number of nitrogens with one attached hydrogen (secondary N) is 1. The number of likely N-dealkylation sites (tertiary alicyclic amines) is 1. The van der Waals surface area contributed by atoms with Crippen molar-refractivity contribution < 1.29 is 9.50 Å². The maximum atomic E-state index is 14.1. The molecule has 0 amide bonds. The summed E-state index contributed by atoms with van der Waals surface area (Å²) in [6, 6.07) is 6.03. The summed E-state index contributed by atoms with van der Waals surface area (Å²) in [5.41, 5.74) is 1.56. The van der Waals surface area contributed by atoms with Crippen molar-refractivity contribution in [3.05, 3.63) is 34.2 Å². The first-order chi connectivity index (χ1) is 9.70. The lowest BCUT2D eigenvalue weighted by Crippen LogP contribution is -2.33. The summed E-state index contributed by atoms with van der Waals surface area (Å²) in [6.45, 7) is 1.99. The minimum absolute atomic E-state index is 0.196. The number of nitrogens with zero attached hydrogens (tertiary/aromatic N) is 1. The second-order valence-corrected chi connectivity index (χ2v) is 6.20. The minimum atomic E-state index is -0.244. The predicted octanol–water partition coefficient (Wildman–Crippen LogP) is 3.07. The third kappa shape index (κ3) is 2.50. The van der Waals surface area contributed by atoms with Gasteiger partial charge in [0.15, 0.2) is 5.95 Å². The fourth-order valence-electron chi connectivity index (χ4n) is 3.10. The van der Waals surface area contributed by atoms with Crippen LogP contribution in [-0.2, 0) is 6.42 Å². The summed E-state index contributed by atoms with van der Waals surface area (Å²) in [4.78, 5) is 5.07. The fraction of sp³-hybridized carbons (Fsp3) is 0.467. The first-order valence-electron chi connectivity index (χ1n) is 7.00. The molecule has 1 saturated heterocycles. The van der Waals surface area contributed by atoms with Gasteiger partial charge in [0.1, 0.15) is 0 Å². The number of hydrogen-bond acceptors (Lipinski definition) is 2. The number of aromatic nitrogens is 1. The van der Waals surface area contributed by atoms with Crippen LogP contribution in [0.15, 0.2) is 22.7 Å². The van der Waals surface area contributed by atoms with Crippen LogP contribution in [0.3, 0.4) is 0 Å². The van der Waals surface area contributed by atoms with Gasteiger partial charge in [-0.1, -0.05) is 12.1 Å². The molecular formula is C15H18BrFN2O. The summed E-state index contributed by atoms with van der Waals surface area (Å²) in [5.74, 6) is -0.244. The monoisotopic (exact) mass is 340 g/mol. The molecule has 0 bridgehead atoms. The van der Waals surface area contributed by atoms with Gasteiger partial charge in [-0.2, -0.15) is 4.39 Å². The number of aromatic amines is 1. The predicted molar refractivity (Wildman–Crippen MR) is 81.3 cm³/mol. The molecule has 0 spiro atoms. The number of para-hydroxylation sites is 1. The smallest absolute Gasteiger partial charge is 0.195 e. The molecule has 5 heteroatoms. The Morgan fingerprint density at radius 1 is 1.45 bits per heavy atom. The molecule has 3 nitrogen and oxygen atoms in total. The SMILES string of the molecule is OCC1CCCN1CCc1c(F)[nH]c2c(Br)cccc12. The van der Waals surface area contributed by atoms with Crippen LogP contribution in [0.25, 0.3) is 10.9 Å². The van der Waals surface area contributed by atoms with Gasteiger partial charge in [-0.05, 0) is 47.8 Å². The normalized spacial score (nSPS) is 20.1. The molecule has 1 aromatic carbocycles. The van der Waals surface area contributed by atoms with E-state index in [0.717, 1.165) is 46.9 Å². The van der Waals surface area contributed by atoms with Gasteiger partial charge in [0, 0.05) is 28.0 Å². The van der Waals surface area contributed by atoms with Crippen LogP contribution >= 0.6 is 15.9 Å². The van der Waals surface area contributed by atoms with E-state index in [1.54, 1.807) is 0 Å². The molecular weight excluding hydrogens is 323 g/mol. The Labute approximate surface area is 125 Å². The Morgan fingerprint density at radius 2 is 2.30 bits per heavy atom. The molecule has 1 aromatic heterocycles. The van der Waals surface area contributed by atoms with Crippen LogP contribution in [0.5, 0.6) is 0 Å². The highest BCUT2D eigenvalue weighted by Crippen LogP contribution is 2.28. The van der Waals surface area contributed by atoms with E-state index >= 15 is 0 Å². The van der Waals surface area contributed by atoms with Gasteiger partial charge in [-0.25, -0.2) is 0 Å². The lowest BCUT2D eigenvalue weighted by Gasteiger charge is -2.22. The lowest BCUT2D eigenvalue weighted by atomic mass is 10.1.